The number of halogens is 1. The van der Waals surface area contributed by atoms with Gasteiger partial charge >= 0.3 is 0 Å². The molecule has 0 heterocycles. The summed E-state index contributed by atoms with van der Waals surface area (Å²) >= 11 is 3.37. The molecule has 2 aliphatic carbocycles. The van der Waals surface area contributed by atoms with Gasteiger partial charge in [0.05, 0.1) is 0 Å². The third-order valence-corrected chi connectivity index (χ3v) is 1.94. The first-order valence-corrected chi connectivity index (χ1v) is 3.59. The molecule has 0 aliphatic heterocycles. The third-order valence-electron chi connectivity index (χ3n) is 1.28. The van der Waals surface area contributed by atoms with Crippen LogP contribution in [0.15, 0.2) is 22.7 Å². The van der Waals surface area contributed by atoms with Crippen LogP contribution in [0.1, 0.15) is 0 Å². The standard InChI is InChI=1S/C6H3Br.H2N2O2/c7-6-3-4-1-2-5(4)6;1-2(3)4/h1-3H;1H2. The highest BCUT2D eigenvalue weighted by molar-refractivity contribution is 9.10. The molecule has 0 aromatic rings. The topological polar surface area (TPSA) is 69.2 Å². The molecule has 2 N–H and O–H groups in total. The number of nitrogens with zero attached hydrogens (tertiary/aromatic N) is 1. The van der Waals surface area contributed by atoms with Crippen molar-refractivity contribution in [2.45, 2.75) is 0 Å². The minimum absolute atomic E-state index is 1.00. The Labute approximate surface area is 71.3 Å². The van der Waals surface area contributed by atoms with Crippen LogP contribution in [0.25, 0.3) is 11.1 Å². The average Bonchev–Trinajstić information content (AvgIpc) is 1.81. The number of hydrogen-bond acceptors (Lipinski definition) is 2. The Balaban J connectivity index is 0.000000134. The molecule has 0 aromatic carbocycles. The van der Waals surface area contributed by atoms with Gasteiger partial charge in [0.15, 0.2) is 5.03 Å². The van der Waals surface area contributed by atoms with Crippen molar-refractivity contribution in [1.82, 2.24) is 0 Å². The van der Waals surface area contributed by atoms with Crippen molar-refractivity contribution >= 4 is 15.9 Å². The Morgan fingerprint density at radius 2 is 2.09 bits per heavy atom. The van der Waals surface area contributed by atoms with E-state index in [0.717, 1.165) is 0 Å². The van der Waals surface area contributed by atoms with Gasteiger partial charge in [-0.2, -0.15) is 5.84 Å². The molecule has 5 heteroatoms. The fourth-order valence-corrected chi connectivity index (χ4v) is 1.35. The minimum atomic E-state index is -1.00. The van der Waals surface area contributed by atoms with Gasteiger partial charge in [0.1, 0.15) is 0 Å². The second-order valence-electron chi connectivity index (χ2n) is 1.98. The normalized spacial score (nSPS) is 9.55. The Kier molecular flexibility index (Phi) is 2.09. The molecule has 0 bridgehead atoms. The summed E-state index contributed by atoms with van der Waals surface area (Å²) in [7, 11) is 0. The molecule has 0 radical (unpaired) electrons. The predicted octanol–water partition coefficient (Wildman–Crippen LogP) is 1.57. The highest BCUT2D eigenvalue weighted by atomic mass is 79.9. The Hall–Kier alpha value is -1.10. The molecule has 58 valence electrons. The summed E-state index contributed by atoms with van der Waals surface area (Å²) in [5.41, 5.74) is 2.78. The van der Waals surface area contributed by atoms with E-state index < -0.39 is 5.03 Å². The molecule has 0 saturated carbocycles. The van der Waals surface area contributed by atoms with Crippen LogP contribution in [0, 0.1) is 10.1 Å². The van der Waals surface area contributed by atoms with Gasteiger partial charge in [-0.25, -0.2) is 10.1 Å². The SMILES string of the molecule is Brc1cc2ccc1-2.N[N+](=O)[O-]. The molecule has 4 nitrogen and oxygen atoms in total. The summed E-state index contributed by atoms with van der Waals surface area (Å²) < 4.78 is 1.25. The molecule has 0 unspecified atom stereocenters. The number of benzene rings is 1. The molecule has 0 fully saturated rings. The van der Waals surface area contributed by atoms with Gasteiger partial charge in [-0.3, -0.25) is 0 Å². The number of rotatable bonds is 0. The molecular formula is C6H5BrN2O2. The molecule has 2 rings (SSSR count). The summed E-state index contributed by atoms with van der Waals surface area (Å²) in [6.07, 6.45) is 0. The van der Waals surface area contributed by atoms with Crippen molar-refractivity contribution in [3.63, 3.8) is 0 Å². The quantitative estimate of drug-likeness (QED) is 0.413. The number of nitrogens with two attached hydrogens (primary N) is 1. The third kappa shape index (κ3) is 1.68. The maximum Gasteiger partial charge on any atom is 0.154 e. The molecular weight excluding hydrogens is 212 g/mol. The van der Waals surface area contributed by atoms with Gasteiger partial charge in [-0.05, 0) is 17.2 Å². The number of hydrogen-bond donors (Lipinski definition) is 1. The Morgan fingerprint density at radius 3 is 2.09 bits per heavy atom. The van der Waals surface area contributed by atoms with Gasteiger partial charge in [0.2, 0.25) is 0 Å². The predicted molar refractivity (Wildman–Crippen MR) is 44.3 cm³/mol. The van der Waals surface area contributed by atoms with Crippen molar-refractivity contribution in [2.75, 3.05) is 0 Å². The van der Waals surface area contributed by atoms with E-state index in [1.807, 2.05) is 0 Å². The molecule has 2 aliphatic rings. The average molecular weight is 217 g/mol. The van der Waals surface area contributed by atoms with Crippen LogP contribution in [0.2, 0.25) is 0 Å². The highest BCUT2D eigenvalue weighted by Gasteiger charge is 2.12. The first-order chi connectivity index (χ1) is 5.11. The van der Waals surface area contributed by atoms with E-state index in [9.17, 15) is 0 Å². The van der Waals surface area contributed by atoms with E-state index >= 15 is 0 Å². The molecule has 0 aromatic heterocycles. The summed E-state index contributed by atoms with van der Waals surface area (Å²) in [5, 5.41) is 7.58. The van der Waals surface area contributed by atoms with E-state index in [0.29, 0.717) is 0 Å². The zero-order valence-corrected chi connectivity index (χ0v) is 7.04. The fraction of sp³-hybridized carbons (Fsp3) is 0. The molecule has 11 heavy (non-hydrogen) atoms. The van der Waals surface area contributed by atoms with Crippen molar-refractivity contribution in [3.05, 3.63) is 32.8 Å². The van der Waals surface area contributed by atoms with E-state index in [4.69, 9.17) is 10.1 Å². The Morgan fingerprint density at radius 1 is 1.55 bits per heavy atom. The van der Waals surface area contributed by atoms with E-state index in [1.165, 1.54) is 15.6 Å². The lowest BCUT2D eigenvalue weighted by molar-refractivity contribution is -0.491. The summed E-state index contributed by atoms with van der Waals surface area (Å²) in [6, 6.07) is 6.34. The maximum absolute atomic E-state index is 8.58. The number of hydrazine groups is 1. The van der Waals surface area contributed by atoms with Crippen molar-refractivity contribution in [2.24, 2.45) is 5.84 Å². The van der Waals surface area contributed by atoms with E-state index in [2.05, 4.69) is 40.0 Å². The second kappa shape index (κ2) is 2.87. The zero-order chi connectivity index (χ0) is 8.43. The van der Waals surface area contributed by atoms with Gasteiger partial charge in [-0.1, -0.05) is 28.1 Å². The lowest BCUT2D eigenvalue weighted by Gasteiger charge is -2.15. The van der Waals surface area contributed by atoms with Crippen molar-refractivity contribution in [1.29, 1.82) is 0 Å². The van der Waals surface area contributed by atoms with Crippen LogP contribution in [0.3, 0.4) is 0 Å². The monoisotopic (exact) mass is 216 g/mol. The fourth-order valence-electron chi connectivity index (χ4n) is 0.743. The minimum Gasteiger partial charge on any atom is -0.235 e. The molecule has 0 saturated heterocycles. The van der Waals surface area contributed by atoms with Crippen LogP contribution in [0.5, 0.6) is 0 Å². The van der Waals surface area contributed by atoms with Crippen LogP contribution >= 0.6 is 15.9 Å². The van der Waals surface area contributed by atoms with Gasteiger partial charge in [0, 0.05) is 4.47 Å². The summed E-state index contributed by atoms with van der Waals surface area (Å²) in [6.45, 7) is 0. The lowest BCUT2D eigenvalue weighted by atomic mass is 9.94. The van der Waals surface area contributed by atoms with Crippen LogP contribution in [0.4, 0.5) is 0 Å². The first-order valence-electron chi connectivity index (χ1n) is 2.80. The largest absolute Gasteiger partial charge is 0.235 e. The van der Waals surface area contributed by atoms with E-state index in [-0.39, 0.29) is 0 Å². The highest BCUT2D eigenvalue weighted by Crippen LogP contribution is 2.39. The lowest BCUT2D eigenvalue weighted by Crippen LogP contribution is -2.04. The molecule has 0 atom stereocenters. The van der Waals surface area contributed by atoms with Gasteiger partial charge < -0.3 is 0 Å². The van der Waals surface area contributed by atoms with E-state index in [1.54, 1.807) is 0 Å². The summed E-state index contributed by atoms with van der Waals surface area (Å²) in [4.78, 5) is 8.58. The second-order valence-corrected chi connectivity index (χ2v) is 2.83. The number of fused-ring (bicyclic) bond motifs is 1. The Bertz CT molecular complexity index is 297. The van der Waals surface area contributed by atoms with Crippen LogP contribution < -0.4 is 5.84 Å². The van der Waals surface area contributed by atoms with Crippen molar-refractivity contribution in [3.8, 4) is 11.1 Å². The van der Waals surface area contributed by atoms with Gasteiger partial charge in [0.25, 0.3) is 0 Å². The maximum atomic E-state index is 8.58. The zero-order valence-electron chi connectivity index (χ0n) is 5.45. The molecule has 0 amide bonds. The molecule has 0 spiro atoms. The van der Waals surface area contributed by atoms with Crippen molar-refractivity contribution < 1.29 is 5.03 Å². The first kappa shape index (κ1) is 8.00. The summed E-state index contributed by atoms with van der Waals surface area (Å²) in [5.74, 6) is 3.83. The van der Waals surface area contributed by atoms with Crippen LogP contribution in [-0.4, -0.2) is 5.03 Å². The number of nitro groups is 1. The van der Waals surface area contributed by atoms with Crippen LogP contribution in [-0.2, 0) is 0 Å². The van der Waals surface area contributed by atoms with Gasteiger partial charge in [-0.15, -0.1) is 0 Å². The smallest absolute Gasteiger partial charge is 0.154 e.